The number of carbonyl (C=O) groups excluding carboxylic acids is 1. The Balaban J connectivity index is 2.04. The molecule has 0 spiro atoms. The Hall–Kier alpha value is -1.49. The number of halogens is 2. The van der Waals surface area contributed by atoms with Gasteiger partial charge in [-0.15, -0.1) is 0 Å². The van der Waals surface area contributed by atoms with Gasteiger partial charge in [0.1, 0.15) is 0 Å². The van der Waals surface area contributed by atoms with Crippen molar-refractivity contribution in [2.75, 3.05) is 0 Å². The summed E-state index contributed by atoms with van der Waals surface area (Å²) in [6.45, 7) is 1.73. The molecule has 0 heterocycles. The van der Waals surface area contributed by atoms with Crippen LogP contribution in [0.5, 0.6) is 0 Å². The first kappa shape index (κ1) is 14.9. The second kappa shape index (κ2) is 5.87. The molecule has 0 radical (unpaired) electrons. The Morgan fingerprint density at radius 2 is 1.90 bits per heavy atom. The van der Waals surface area contributed by atoms with Crippen LogP contribution in [0, 0.1) is 11.6 Å². The van der Waals surface area contributed by atoms with Gasteiger partial charge >= 0.3 is 0 Å². The third-order valence-corrected chi connectivity index (χ3v) is 3.99. The van der Waals surface area contributed by atoms with Crippen LogP contribution in [-0.4, -0.2) is 11.4 Å². The maximum Gasteiger partial charge on any atom is 0.240 e. The van der Waals surface area contributed by atoms with E-state index in [9.17, 15) is 13.6 Å². The summed E-state index contributed by atoms with van der Waals surface area (Å²) in [4.78, 5) is 12.3. The molecule has 1 aromatic rings. The van der Waals surface area contributed by atoms with Crippen molar-refractivity contribution in [2.24, 2.45) is 5.73 Å². The molecule has 0 bridgehead atoms. The molecule has 1 saturated carbocycles. The van der Waals surface area contributed by atoms with E-state index in [1.54, 1.807) is 6.92 Å². The molecule has 20 heavy (non-hydrogen) atoms. The van der Waals surface area contributed by atoms with Gasteiger partial charge in [0, 0.05) is 0 Å². The highest BCUT2D eigenvalue weighted by Crippen LogP contribution is 2.27. The minimum Gasteiger partial charge on any atom is -0.348 e. The van der Waals surface area contributed by atoms with Crippen molar-refractivity contribution in [1.82, 2.24) is 5.32 Å². The second-order valence-corrected chi connectivity index (χ2v) is 5.59. The van der Waals surface area contributed by atoms with Crippen molar-refractivity contribution in [3.05, 3.63) is 35.4 Å². The molecule has 1 aromatic carbocycles. The first-order valence-electron chi connectivity index (χ1n) is 6.97. The summed E-state index contributed by atoms with van der Waals surface area (Å²) in [6.07, 6.45) is 4.34. The lowest BCUT2D eigenvalue weighted by molar-refractivity contribution is -0.128. The highest BCUT2D eigenvalue weighted by molar-refractivity contribution is 5.86. The van der Waals surface area contributed by atoms with Crippen LogP contribution in [0.3, 0.4) is 0 Å². The zero-order valence-corrected chi connectivity index (χ0v) is 11.6. The van der Waals surface area contributed by atoms with E-state index in [2.05, 4.69) is 5.32 Å². The van der Waals surface area contributed by atoms with Gasteiger partial charge in [-0.05, 0) is 37.5 Å². The van der Waals surface area contributed by atoms with Gasteiger partial charge in [-0.3, -0.25) is 4.79 Å². The van der Waals surface area contributed by atoms with Crippen LogP contribution in [0.25, 0.3) is 0 Å². The molecule has 1 atom stereocenters. The van der Waals surface area contributed by atoms with Gasteiger partial charge in [0.15, 0.2) is 11.6 Å². The van der Waals surface area contributed by atoms with Crippen LogP contribution < -0.4 is 11.1 Å². The number of hydrogen-bond acceptors (Lipinski definition) is 2. The summed E-state index contributed by atoms with van der Waals surface area (Å²) in [6, 6.07) is 3.23. The van der Waals surface area contributed by atoms with Crippen LogP contribution in [0.15, 0.2) is 18.2 Å². The molecule has 3 N–H and O–H groups in total. The molecule has 1 fully saturated rings. The van der Waals surface area contributed by atoms with Crippen LogP contribution >= 0.6 is 0 Å². The standard InChI is InChI=1S/C15H20F2N2O/c1-10(11-5-6-12(16)13(17)9-11)19-14(20)15(18)7-3-2-4-8-15/h5-6,9-10H,2-4,7-8,18H2,1H3,(H,19,20). The Morgan fingerprint density at radius 1 is 1.25 bits per heavy atom. The summed E-state index contributed by atoms with van der Waals surface area (Å²) >= 11 is 0. The molecular formula is C15H20F2N2O. The van der Waals surface area contributed by atoms with Crippen molar-refractivity contribution in [3.8, 4) is 0 Å². The van der Waals surface area contributed by atoms with E-state index in [1.165, 1.54) is 6.07 Å². The monoisotopic (exact) mass is 282 g/mol. The van der Waals surface area contributed by atoms with Gasteiger partial charge in [0.05, 0.1) is 11.6 Å². The van der Waals surface area contributed by atoms with E-state index < -0.39 is 23.2 Å². The normalized spacial score (nSPS) is 19.4. The summed E-state index contributed by atoms with van der Waals surface area (Å²) in [5.41, 5.74) is 5.83. The molecule has 110 valence electrons. The van der Waals surface area contributed by atoms with Crippen molar-refractivity contribution in [2.45, 2.75) is 50.6 Å². The molecular weight excluding hydrogens is 262 g/mol. The minimum absolute atomic E-state index is 0.213. The van der Waals surface area contributed by atoms with Crippen molar-refractivity contribution >= 4 is 5.91 Å². The van der Waals surface area contributed by atoms with Crippen LogP contribution in [0.1, 0.15) is 50.6 Å². The molecule has 2 rings (SSSR count). The quantitative estimate of drug-likeness (QED) is 0.895. The fraction of sp³-hybridized carbons (Fsp3) is 0.533. The van der Waals surface area contributed by atoms with Gasteiger partial charge in [-0.25, -0.2) is 8.78 Å². The van der Waals surface area contributed by atoms with E-state index in [1.807, 2.05) is 0 Å². The van der Waals surface area contributed by atoms with Gasteiger partial charge < -0.3 is 11.1 Å². The van der Waals surface area contributed by atoms with Gasteiger partial charge in [0.2, 0.25) is 5.91 Å². The van der Waals surface area contributed by atoms with Gasteiger partial charge in [0.25, 0.3) is 0 Å². The smallest absolute Gasteiger partial charge is 0.240 e. The van der Waals surface area contributed by atoms with E-state index >= 15 is 0 Å². The molecule has 1 unspecified atom stereocenters. The van der Waals surface area contributed by atoms with E-state index in [-0.39, 0.29) is 5.91 Å². The number of benzene rings is 1. The molecule has 0 aliphatic heterocycles. The first-order valence-corrected chi connectivity index (χ1v) is 6.97. The van der Waals surface area contributed by atoms with Crippen LogP contribution in [0.4, 0.5) is 8.78 Å². The average Bonchev–Trinajstić information content (AvgIpc) is 2.42. The lowest BCUT2D eigenvalue weighted by atomic mass is 9.81. The zero-order chi connectivity index (χ0) is 14.8. The number of hydrogen-bond donors (Lipinski definition) is 2. The topological polar surface area (TPSA) is 55.1 Å². The molecule has 0 aromatic heterocycles. The molecule has 3 nitrogen and oxygen atoms in total. The number of amides is 1. The molecule has 1 aliphatic carbocycles. The molecule has 5 heteroatoms. The third kappa shape index (κ3) is 3.15. The Labute approximate surface area is 117 Å². The fourth-order valence-corrected chi connectivity index (χ4v) is 2.62. The zero-order valence-electron chi connectivity index (χ0n) is 11.6. The van der Waals surface area contributed by atoms with Crippen molar-refractivity contribution < 1.29 is 13.6 Å². The lowest BCUT2D eigenvalue weighted by Gasteiger charge is -2.33. The van der Waals surface area contributed by atoms with Gasteiger partial charge in [-0.2, -0.15) is 0 Å². The van der Waals surface area contributed by atoms with Gasteiger partial charge in [-0.1, -0.05) is 25.3 Å². The number of nitrogens with one attached hydrogen (secondary N) is 1. The molecule has 1 amide bonds. The minimum atomic E-state index is -0.913. The maximum absolute atomic E-state index is 13.2. The maximum atomic E-state index is 13.2. The second-order valence-electron chi connectivity index (χ2n) is 5.59. The predicted molar refractivity (Wildman–Crippen MR) is 72.9 cm³/mol. The number of carbonyl (C=O) groups is 1. The average molecular weight is 282 g/mol. The van der Waals surface area contributed by atoms with E-state index in [0.29, 0.717) is 18.4 Å². The Bertz CT molecular complexity index is 499. The summed E-state index contributed by atoms with van der Waals surface area (Å²) in [5, 5.41) is 2.80. The SMILES string of the molecule is CC(NC(=O)C1(N)CCCCC1)c1ccc(F)c(F)c1. The van der Waals surface area contributed by atoms with Crippen LogP contribution in [-0.2, 0) is 4.79 Å². The fourth-order valence-electron chi connectivity index (χ4n) is 2.62. The largest absolute Gasteiger partial charge is 0.348 e. The predicted octanol–water partition coefficient (Wildman–Crippen LogP) is 2.80. The first-order chi connectivity index (χ1) is 9.42. The Morgan fingerprint density at radius 3 is 2.50 bits per heavy atom. The Kier molecular flexibility index (Phi) is 4.38. The van der Waals surface area contributed by atoms with Crippen LogP contribution in [0.2, 0.25) is 0 Å². The summed E-state index contributed by atoms with van der Waals surface area (Å²) in [5.74, 6) is -2.02. The van der Waals surface area contributed by atoms with Crippen molar-refractivity contribution in [3.63, 3.8) is 0 Å². The summed E-state index contributed by atoms with van der Waals surface area (Å²) in [7, 11) is 0. The highest BCUT2D eigenvalue weighted by atomic mass is 19.2. The molecule has 1 aliphatic rings. The number of rotatable bonds is 3. The van der Waals surface area contributed by atoms with E-state index in [0.717, 1.165) is 31.4 Å². The lowest BCUT2D eigenvalue weighted by Crippen LogP contribution is -2.55. The molecule has 0 saturated heterocycles. The highest BCUT2D eigenvalue weighted by Gasteiger charge is 2.35. The van der Waals surface area contributed by atoms with Crippen molar-refractivity contribution in [1.29, 1.82) is 0 Å². The summed E-state index contributed by atoms with van der Waals surface area (Å²) < 4.78 is 26.1. The third-order valence-electron chi connectivity index (χ3n) is 3.99. The van der Waals surface area contributed by atoms with E-state index in [4.69, 9.17) is 5.73 Å². The number of nitrogens with two attached hydrogens (primary N) is 1.